The van der Waals surface area contributed by atoms with Gasteiger partial charge in [0, 0.05) is 46.0 Å². The quantitative estimate of drug-likeness (QED) is 0.401. The molecule has 2 aliphatic rings. The summed E-state index contributed by atoms with van der Waals surface area (Å²) in [7, 11) is 0.732. The summed E-state index contributed by atoms with van der Waals surface area (Å²) >= 11 is 0. The zero-order chi connectivity index (χ0) is 22.5. The largest absolute Gasteiger partial charge is 0.360 e. The van der Waals surface area contributed by atoms with Crippen LogP contribution in [0.25, 0.3) is 22.3 Å². The molecule has 9 nitrogen and oxygen atoms in total. The van der Waals surface area contributed by atoms with Gasteiger partial charge in [0.2, 0.25) is 5.95 Å². The summed E-state index contributed by atoms with van der Waals surface area (Å²) in [6.45, 7) is 8.10. The molecule has 2 unspecified atom stereocenters. The fourth-order valence-corrected chi connectivity index (χ4v) is 5.46. The Balaban J connectivity index is 1.50. The van der Waals surface area contributed by atoms with Crippen LogP contribution < -0.4 is 4.90 Å². The third-order valence-corrected chi connectivity index (χ3v) is 8.20. The number of hydrogen-bond acceptors (Lipinski definition) is 7. The van der Waals surface area contributed by atoms with Crippen LogP contribution in [0.3, 0.4) is 0 Å². The van der Waals surface area contributed by atoms with Crippen molar-refractivity contribution in [2.24, 2.45) is 7.05 Å². The fourth-order valence-electron chi connectivity index (χ4n) is 4.70. The molecule has 5 rings (SSSR count). The number of anilines is 1. The van der Waals surface area contributed by atoms with E-state index in [1.165, 1.54) is 0 Å². The van der Waals surface area contributed by atoms with E-state index in [0.29, 0.717) is 30.9 Å². The van der Waals surface area contributed by atoms with Crippen molar-refractivity contribution in [2.45, 2.75) is 70.2 Å². The molecule has 3 aromatic heterocycles. The van der Waals surface area contributed by atoms with Crippen LogP contribution in [0.4, 0.5) is 5.95 Å². The van der Waals surface area contributed by atoms with Gasteiger partial charge in [0.05, 0.1) is 18.4 Å². The van der Waals surface area contributed by atoms with Crippen LogP contribution in [0.15, 0.2) is 18.6 Å². The summed E-state index contributed by atoms with van der Waals surface area (Å²) < 4.78 is 9.56. The summed E-state index contributed by atoms with van der Waals surface area (Å²) in [4.78, 5) is 24.2. The minimum absolute atomic E-state index is 0.0898. The van der Waals surface area contributed by atoms with E-state index in [1.807, 2.05) is 24.1 Å². The highest BCUT2D eigenvalue weighted by atomic mass is 28.3. The monoisotopic (exact) mass is 453 g/mol. The first kappa shape index (κ1) is 21.3. The molecule has 2 saturated heterocycles. The molecule has 170 valence electrons. The van der Waals surface area contributed by atoms with Crippen molar-refractivity contribution in [3.63, 3.8) is 0 Å². The Labute approximate surface area is 188 Å². The number of rotatable bonds is 7. The predicted molar refractivity (Wildman–Crippen MR) is 125 cm³/mol. The highest BCUT2D eigenvalue weighted by Gasteiger charge is 2.43. The van der Waals surface area contributed by atoms with Crippen LogP contribution in [0.5, 0.6) is 0 Å². The normalized spacial score (nSPS) is 21.1. The molecule has 10 heteroatoms. The maximum atomic E-state index is 12.5. The number of nitrogens with zero attached hydrogens (tertiary/aromatic N) is 7. The first-order chi connectivity index (χ1) is 15.3. The molecule has 2 atom stereocenters. The molecule has 0 saturated carbocycles. The van der Waals surface area contributed by atoms with E-state index < -0.39 is 8.07 Å². The molecule has 0 amide bonds. The van der Waals surface area contributed by atoms with Crippen molar-refractivity contribution in [3.8, 4) is 11.3 Å². The van der Waals surface area contributed by atoms with Gasteiger partial charge in [0.1, 0.15) is 23.5 Å². The predicted octanol–water partition coefficient (Wildman–Crippen LogP) is 3.24. The van der Waals surface area contributed by atoms with Crippen LogP contribution in [0, 0.1) is 0 Å². The van der Waals surface area contributed by atoms with Crippen LogP contribution in [0.1, 0.15) is 25.7 Å². The zero-order valence-electron chi connectivity index (χ0n) is 19.3. The van der Waals surface area contributed by atoms with Crippen LogP contribution >= 0.6 is 0 Å². The summed E-state index contributed by atoms with van der Waals surface area (Å²) in [5.74, 6) is 0.934. The highest BCUT2D eigenvalue weighted by Crippen LogP contribution is 2.37. The van der Waals surface area contributed by atoms with E-state index in [1.54, 1.807) is 10.9 Å². The summed E-state index contributed by atoms with van der Waals surface area (Å²) in [6, 6.07) is 1.36. The average molecular weight is 454 g/mol. The summed E-state index contributed by atoms with van der Waals surface area (Å²) in [5.41, 5.74) is 3.27. The van der Waals surface area contributed by atoms with Gasteiger partial charge in [-0.2, -0.15) is 10.2 Å². The number of piperidine rings is 1. The molecule has 2 fully saturated rings. The van der Waals surface area contributed by atoms with E-state index in [4.69, 9.17) is 14.8 Å². The molecule has 2 aliphatic heterocycles. The number of Topliss-reactive ketones (excluding diaryl/α,β-unsaturated/α-hetero) is 1. The number of ether oxygens (including phenoxy) is 1. The molecule has 32 heavy (non-hydrogen) atoms. The third kappa shape index (κ3) is 3.97. The maximum absolute atomic E-state index is 12.5. The van der Waals surface area contributed by atoms with Crippen molar-refractivity contribution in [3.05, 3.63) is 18.6 Å². The lowest BCUT2D eigenvalue weighted by Crippen LogP contribution is -2.46. The number of aromatic nitrogens is 6. The van der Waals surface area contributed by atoms with Gasteiger partial charge in [-0.05, 0) is 25.3 Å². The Bertz CT molecular complexity index is 1150. The minimum atomic E-state index is -1.16. The van der Waals surface area contributed by atoms with Crippen molar-refractivity contribution in [2.75, 3.05) is 11.5 Å². The Morgan fingerprint density at radius 2 is 2.03 bits per heavy atom. The smallest absolute Gasteiger partial charge is 0.226 e. The van der Waals surface area contributed by atoms with E-state index in [9.17, 15) is 4.79 Å². The number of ketones is 1. The van der Waals surface area contributed by atoms with Crippen molar-refractivity contribution >= 4 is 30.8 Å². The lowest BCUT2D eigenvalue weighted by Gasteiger charge is -2.33. The van der Waals surface area contributed by atoms with Crippen molar-refractivity contribution < 1.29 is 9.53 Å². The SMILES string of the molecule is Cn1cc(-c2nn(COCC[Si](C)(C)C)c3cnc(N4C5CCC(=O)C4CC5)nc23)cn1. The van der Waals surface area contributed by atoms with E-state index in [0.717, 1.165) is 54.2 Å². The number of fused-ring (bicyclic) bond motifs is 3. The van der Waals surface area contributed by atoms with Crippen LogP contribution in [0.2, 0.25) is 25.7 Å². The summed E-state index contributed by atoms with van der Waals surface area (Å²) in [5, 5.41) is 9.13. The van der Waals surface area contributed by atoms with Gasteiger partial charge in [-0.25, -0.2) is 14.6 Å². The molecule has 3 aromatic rings. The Morgan fingerprint density at radius 3 is 2.78 bits per heavy atom. The highest BCUT2D eigenvalue weighted by molar-refractivity contribution is 6.76. The lowest BCUT2D eigenvalue weighted by atomic mass is 10.0. The summed E-state index contributed by atoms with van der Waals surface area (Å²) in [6.07, 6.45) is 9.03. The molecule has 0 aliphatic carbocycles. The van der Waals surface area contributed by atoms with E-state index >= 15 is 0 Å². The van der Waals surface area contributed by atoms with Gasteiger partial charge in [-0.1, -0.05) is 19.6 Å². The number of hydrogen-bond donors (Lipinski definition) is 0. The lowest BCUT2D eigenvalue weighted by molar-refractivity contribution is -0.121. The zero-order valence-corrected chi connectivity index (χ0v) is 20.3. The Morgan fingerprint density at radius 1 is 1.19 bits per heavy atom. The number of aryl methyl sites for hydroxylation is 1. The number of carbonyl (C=O) groups is 1. The number of carbonyl (C=O) groups excluding carboxylic acids is 1. The molecule has 0 N–H and O–H groups in total. The molecule has 0 radical (unpaired) electrons. The van der Waals surface area contributed by atoms with Gasteiger partial charge in [-0.3, -0.25) is 9.48 Å². The molecular formula is C22H31N7O2Si. The topological polar surface area (TPSA) is 91.0 Å². The Hall–Kier alpha value is -2.59. The molecule has 0 aromatic carbocycles. The minimum Gasteiger partial charge on any atom is -0.360 e. The standard InChI is InChI=1S/C22H31N7O2Si/c1-27-13-15(11-24-27)20-21-18(28(26-20)14-31-9-10-32(2,3)4)12-23-22(25-21)29-16-5-7-17(29)19(30)8-6-16/h11-13,16-17H,5-10,14H2,1-4H3. The van der Waals surface area contributed by atoms with E-state index in [-0.39, 0.29) is 6.04 Å². The van der Waals surface area contributed by atoms with Crippen LogP contribution in [-0.4, -0.2) is 62.1 Å². The molecule has 5 heterocycles. The van der Waals surface area contributed by atoms with Gasteiger partial charge in [0.25, 0.3) is 0 Å². The van der Waals surface area contributed by atoms with Gasteiger partial charge in [-0.15, -0.1) is 0 Å². The molecule has 0 spiro atoms. The molecular weight excluding hydrogens is 422 g/mol. The van der Waals surface area contributed by atoms with Gasteiger partial charge >= 0.3 is 0 Å². The second-order valence-corrected chi connectivity index (χ2v) is 15.8. The Kier molecular flexibility index (Phi) is 5.37. The second-order valence-electron chi connectivity index (χ2n) is 10.2. The van der Waals surface area contributed by atoms with Crippen molar-refractivity contribution in [1.82, 2.24) is 29.5 Å². The first-order valence-electron chi connectivity index (χ1n) is 11.4. The maximum Gasteiger partial charge on any atom is 0.226 e. The fraction of sp³-hybridized carbons (Fsp3) is 0.591. The molecule has 2 bridgehead atoms. The average Bonchev–Trinajstić information content (AvgIpc) is 3.42. The van der Waals surface area contributed by atoms with Crippen LogP contribution in [-0.2, 0) is 23.3 Å². The first-order valence-corrected chi connectivity index (χ1v) is 15.1. The second kappa shape index (κ2) is 8.07. The van der Waals surface area contributed by atoms with E-state index in [2.05, 4.69) is 34.6 Å². The third-order valence-electron chi connectivity index (χ3n) is 6.50. The van der Waals surface area contributed by atoms with Gasteiger partial charge in [0.15, 0.2) is 5.78 Å². The van der Waals surface area contributed by atoms with Crippen molar-refractivity contribution in [1.29, 1.82) is 0 Å². The van der Waals surface area contributed by atoms with Gasteiger partial charge < -0.3 is 9.64 Å².